The normalized spacial score (nSPS) is 10.8. The van der Waals surface area contributed by atoms with Gasteiger partial charge < -0.3 is 9.72 Å². The fourth-order valence-electron chi connectivity index (χ4n) is 3.43. The number of rotatable bonds is 7. The van der Waals surface area contributed by atoms with Crippen LogP contribution in [0.3, 0.4) is 0 Å². The molecule has 30 heavy (non-hydrogen) atoms. The number of hydrogen-bond donors (Lipinski definition) is 3. The molecule has 0 unspecified atom stereocenters. The van der Waals surface area contributed by atoms with Crippen molar-refractivity contribution in [2.45, 2.75) is 19.3 Å². The van der Waals surface area contributed by atoms with E-state index in [1.165, 1.54) is 0 Å². The molecule has 2 amide bonds. The Hall–Kier alpha value is -3.80. The van der Waals surface area contributed by atoms with Crippen LogP contribution in [0.15, 0.2) is 72.9 Å². The Kier molecular flexibility index (Phi) is 5.94. The molecule has 0 saturated heterocycles. The summed E-state index contributed by atoms with van der Waals surface area (Å²) in [5.41, 5.74) is 6.81. The fraction of sp³-hybridized carbons (Fsp3) is 0.167. The van der Waals surface area contributed by atoms with Crippen molar-refractivity contribution in [3.05, 3.63) is 78.5 Å². The van der Waals surface area contributed by atoms with E-state index in [1.807, 2.05) is 72.9 Å². The maximum Gasteiger partial charge on any atom is 0.242 e. The second-order valence-electron chi connectivity index (χ2n) is 7.06. The molecule has 0 bridgehead atoms. The topological polar surface area (TPSA) is 83.2 Å². The van der Waals surface area contributed by atoms with E-state index in [-0.39, 0.29) is 24.7 Å². The molecule has 0 radical (unpaired) electrons. The van der Waals surface area contributed by atoms with Crippen LogP contribution in [-0.4, -0.2) is 23.4 Å². The standard InChI is InChI=1S/C24H23N3O3/c28-23(13-6-14-30-22-12-5-8-17-7-1-2-10-20(17)22)26-27-24(29)15-18-16-25-21-11-4-3-9-19(18)21/h1-5,7-12,16,25H,6,13-15H2,(H,26,28)(H,27,29). The summed E-state index contributed by atoms with van der Waals surface area (Å²) in [5.74, 6) is 0.296. The van der Waals surface area contributed by atoms with Crippen LogP contribution in [0.25, 0.3) is 21.7 Å². The van der Waals surface area contributed by atoms with Gasteiger partial charge in [0.1, 0.15) is 5.75 Å². The molecule has 0 atom stereocenters. The monoisotopic (exact) mass is 401 g/mol. The second-order valence-corrected chi connectivity index (χ2v) is 7.06. The SMILES string of the molecule is O=C(CCCOc1cccc2ccccc12)NNC(=O)Cc1c[nH]c2ccccc12. The highest BCUT2D eigenvalue weighted by atomic mass is 16.5. The quantitative estimate of drug-likeness (QED) is 0.325. The minimum Gasteiger partial charge on any atom is -0.493 e. The molecule has 6 heteroatoms. The highest BCUT2D eigenvalue weighted by molar-refractivity contribution is 5.90. The van der Waals surface area contributed by atoms with Crippen LogP contribution in [0, 0.1) is 0 Å². The number of ether oxygens (including phenoxy) is 1. The number of nitrogens with one attached hydrogen (secondary N) is 3. The zero-order valence-electron chi connectivity index (χ0n) is 16.5. The van der Waals surface area contributed by atoms with Crippen LogP contribution >= 0.6 is 0 Å². The summed E-state index contributed by atoms with van der Waals surface area (Å²) < 4.78 is 5.84. The lowest BCUT2D eigenvalue weighted by atomic mass is 10.1. The van der Waals surface area contributed by atoms with Gasteiger partial charge in [-0.3, -0.25) is 20.4 Å². The third kappa shape index (κ3) is 4.60. The number of para-hydroxylation sites is 1. The van der Waals surface area contributed by atoms with E-state index in [2.05, 4.69) is 15.8 Å². The summed E-state index contributed by atoms with van der Waals surface area (Å²) in [7, 11) is 0. The lowest BCUT2D eigenvalue weighted by molar-refractivity contribution is -0.128. The molecule has 3 N–H and O–H groups in total. The molecule has 4 aromatic rings. The zero-order valence-corrected chi connectivity index (χ0v) is 16.5. The second kappa shape index (κ2) is 9.13. The first-order valence-electron chi connectivity index (χ1n) is 9.94. The first-order chi connectivity index (χ1) is 14.7. The van der Waals surface area contributed by atoms with Gasteiger partial charge in [-0.2, -0.15) is 0 Å². The summed E-state index contributed by atoms with van der Waals surface area (Å²) in [6.45, 7) is 0.421. The van der Waals surface area contributed by atoms with Gasteiger partial charge in [0.2, 0.25) is 11.8 Å². The molecule has 3 aromatic carbocycles. The lowest BCUT2D eigenvalue weighted by Crippen LogP contribution is -2.42. The Bertz CT molecular complexity index is 1180. The number of hydrazine groups is 1. The molecule has 0 aliphatic carbocycles. The van der Waals surface area contributed by atoms with Crippen molar-refractivity contribution in [2.75, 3.05) is 6.61 Å². The van der Waals surface area contributed by atoms with Crippen LogP contribution in [0.4, 0.5) is 0 Å². The smallest absolute Gasteiger partial charge is 0.242 e. The molecule has 0 saturated carbocycles. The highest BCUT2D eigenvalue weighted by Crippen LogP contribution is 2.25. The van der Waals surface area contributed by atoms with Gasteiger partial charge >= 0.3 is 0 Å². The van der Waals surface area contributed by atoms with Crippen molar-refractivity contribution in [1.82, 2.24) is 15.8 Å². The van der Waals surface area contributed by atoms with E-state index in [0.717, 1.165) is 33.0 Å². The third-order valence-corrected chi connectivity index (χ3v) is 4.92. The van der Waals surface area contributed by atoms with Crippen LogP contribution in [0.1, 0.15) is 18.4 Å². The maximum atomic E-state index is 12.1. The van der Waals surface area contributed by atoms with Crippen LogP contribution < -0.4 is 15.6 Å². The van der Waals surface area contributed by atoms with Crippen LogP contribution in [0.5, 0.6) is 5.75 Å². The molecule has 6 nitrogen and oxygen atoms in total. The van der Waals surface area contributed by atoms with Gasteiger partial charge in [-0.05, 0) is 29.5 Å². The van der Waals surface area contributed by atoms with Gasteiger partial charge in [-0.15, -0.1) is 0 Å². The Morgan fingerprint density at radius 2 is 1.57 bits per heavy atom. The Morgan fingerprint density at radius 1 is 0.833 bits per heavy atom. The largest absolute Gasteiger partial charge is 0.493 e. The third-order valence-electron chi connectivity index (χ3n) is 4.92. The minimum atomic E-state index is -0.264. The van der Waals surface area contributed by atoms with Crippen molar-refractivity contribution in [2.24, 2.45) is 0 Å². The molecule has 1 heterocycles. The average Bonchev–Trinajstić information content (AvgIpc) is 3.18. The highest BCUT2D eigenvalue weighted by Gasteiger charge is 2.10. The predicted octanol–water partition coefficient (Wildman–Crippen LogP) is 3.87. The van der Waals surface area contributed by atoms with Crippen molar-refractivity contribution in [3.63, 3.8) is 0 Å². The van der Waals surface area contributed by atoms with Gasteiger partial charge in [-0.25, -0.2) is 0 Å². The van der Waals surface area contributed by atoms with Crippen molar-refractivity contribution >= 4 is 33.5 Å². The van der Waals surface area contributed by atoms with E-state index < -0.39 is 0 Å². The number of benzene rings is 3. The molecular weight excluding hydrogens is 378 g/mol. The fourth-order valence-corrected chi connectivity index (χ4v) is 3.43. The van der Waals surface area contributed by atoms with E-state index in [1.54, 1.807) is 0 Å². The molecule has 0 fully saturated rings. The summed E-state index contributed by atoms with van der Waals surface area (Å²) in [5, 5.41) is 3.17. The van der Waals surface area contributed by atoms with Gasteiger partial charge in [0, 0.05) is 28.9 Å². The number of carbonyl (C=O) groups excluding carboxylic acids is 2. The molecular formula is C24H23N3O3. The number of H-pyrrole nitrogens is 1. The number of aromatic nitrogens is 1. The molecule has 0 aliphatic rings. The molecule has 0 aliphatic heterocycles. The number of carbonyl (C=O) groups is 2. The molecule has 4 rings (SSSR count). The van der Waals surface area contributed by atoms with Gasteiger partial charge in [0.05, 0.1) is 13.0 Å². The van der Waals surface area contributed by atoms with Crippen molar-refractivity contribution in [3.8, 4) is 5.75 Å². The minimum absolute atomic E-state index is 0.189. The summed E-state index contributed by atoms with van der Waals surface area (Å²) >= 11 is 0. The van der Waals surface area contributed by atoms with Gasteiger partial charge in [-0.1, -0.05) is 54.6 Å². The van der Waals surface area contributed by atoms with Crippen LogP contribution in [-0.2, 0) is 16.0 Å². The average molecular weight is 401 g/mol. The van der Waals surface area contributed by atoms with E-state index in [0.29, 0.717) is 13.0 Å². The molecule has 1 aromatic heterocycles. The maximum absolute atomic E-state index is 12.1. The lowest BCUT2D eigenvalue weighted by Gasteiger charge is -2.10. The first-order valence-corrected chi connectivity index (χ1v) is 9.94. The van der Waals surface area contributed by atoms with Gasteiger partial charge in [0.25, 0.3) is 0 Å². The molecule has 0 spiro atoms. The van der Waals surface area contributed by atoms with E-state index in [4.69, 9.17) is 4.74 Å². The van der Waals surface area contributed by atoms with Crippen LogP contribution in [0.2, 0.25) is 0 Å². The summed E-state index contributed by atoms with van der Waals surface area (Å²) in [6, 6.07) is 21.7. The number of hydrogen-bond acceptors (Lipinski definition) is 3. The van der Waals surface area contributed by atoms with E-state index in [9.17, 15) is 9.59 Å². The Balaban J connectivity index is 1.19. The zero-order chi connectivity index (χ0) is 20.8. The first kappa shape index (κ1) is 19.5. The predicted molar refractivity (Wildman–Crippen MR) is 117 cm³/mol. The van der Waals surface area contributed by atoms with Gasteiger partial charge in [0.15, 0.2) is 0 Å². The summed E-state index contributed by atoms with van der Waals surface area (Å²) in [4.78, 5) is 27.3. The Labute approximate surface area is 174 Å². The van der Waals surface area contributed by atoms with Crippen molar-refractivity contribution in [1.29, 1.82) is 0 Å². The molecule has 152 valence electrons. The van der Waals surface area contributed by atoms with Crippen molar-refractivity contribution < 1.29 is 14.3 Å². The number of aromatic amines is 1. The van der Waals surface area contributed by atoms with E-state index >= 15 is 0 Å². The summed E-state index contributed by atoms with van der Waals surface area (Å²) in [6.07, 6.45) is 2.82. The Morgan fingerprint density at radius 3 is 2.47 bits per heavy atom. The number of amides is 2. The number of fused-ring (bicyclic) bond motifs is 2.